The lowest BCUT2D eigenvalue weighted by Gasteiger charge is -2.30. The predicted molar refractivity (Wildman–Crippen MR) is 510 cm³/mol. The molecule has 748 valence electrons. The highest BCUT2D eigenvalue weighted by atomic mass is 16.6. The Labute approximate surface area is 797 Å². The third-order valence-electron chi connectivity index (χ3n) is 22.2. The zero-order valence-electron chi connectivity index (χ0n) is 80.0. The van der Waals surface area contributed by atoms with Gasteiger partial charge >= 0.3 is 23.9 Å². The van der Waals surface area contributed by atoms with E-state index in [1.807, 2.05) is 80.5 Å². The minimum atomic E-state index is -2.10. The van der Waals surface area contributed by atoms with Gasteiger partial charge in [0.25, 0.3) is 0 Å². The first kappa shape index (κ1) is 120. The van der Waals surface area contributed by atoms with Gasteiger partial charge < -0.3 is 115 Å². The van der Waals surface area contributed by atoms with Crippen LogP contribution in [0.1, 0.15) is 150 Å². The molecule has 1 atom stereocenters. The molecule has 16 N–H and O–H groups in total. The highest BCUT2D eigenvalue weighted by Gasteiger charge is 2.46. The van der Waals surface area contributed by atoms with E-state index < -0.39 is 165 Å². The van der Waals surface area contributed by atoms with Crippen LogP contribution in [0.2, 0.25) is 0 Å². The van der Waals surface area contributed by atoms with Gasteiger partial charge in [-0.3, -0.25) is 52.7 Å². The molecule has 0 heterocycles. The molecule has 0 fully saturated rings. The van der Waals surface area contributed by atoms with E-state index in [0.29, 0.717) is 45.4 Å². The summed E-state index contributed by atoms with van der Waals surface area (Å²) >= 11 is 0. The van der Waals surface area contributed by atoms with E-state index in [-0.39, 0.29) is 101 Å². The molecule has 6 aromatic rings. The molecule has 6 rings (SSSR count). The van der Waals surface area contributed by atoms with Gasteiger partial charge in [-0.2, -0.15) is 0 Å². The number of hydrogen-bond acceptors (Lipinski definition) is 34. The highest BCUT2D eigenvalue weighted by Crippen LogP contribution is 2.35. The van der Waals surface area contributed by atoms with Crippen molar-refractivity contribution in [2.45, 2.75) is 122 Å². The molecular formula is C103H132O34. The van der Waals surface area contributed by atoms with Crippen molar-refractivity contribution in [2.24, 2.45) is 44.3 Å². The van der Waals surface area contributed by atoms with Gasteiger partial charge in [-0.15, -0.1) is 0 Å². The quantitative estimate of drug-likeness (QED) is 0.00423. The SMILES string of the molecule is CCC(C)(CO)C(=O)C(C)C.CCC(CC)(CO)C(=O)C(C)C.COc1cc(/C=C/C(=O)CC(=O)/C=C/c2ccc(OC(=O)C(CO)(CO)CO)c(C)c2)ccc1O.COc1cc(/C=C/C(=O)CC(=O)/C=C/c2ccc(OC(=O)C(CO)(CO)COC(=O)C(CO)(CO)CO)c(C)c2)ccc1O.COc1ccc(/C=C/C(O)=C/C(=O)/C=C/c2ccc(OC(=O)C(C)(CO)CO)c(CO)c2)cc1C. The Bertz CT molecular complexity index is 5200. The molecule has 0 aliphatic carbocycles. The van der Waals surface area contributed by atoms with Gasteiger partial charge in [0.05, 0.1) is 125 Å². The first-order valence-electron chi connectivity index (χ1n) is 43.5. The number of ketones is 7. The second-order valence-electron chi connectivity index (χ2n) is 33.3. The molecule has 0 bridgehead atoms. The summed E-state index contributed by atoms with van der Waals surface area (Å²) < 4.78 is 36.0. The van der Waals surface area contributed by atoms with Crippen molar-refractivity contribution in [1.29, 1.82) is 0 Å². The number of carbonyl (C=O) groups is 11. The maximum Gasteiger partial charge on any atom is 0.325 e. The van der Waals surface area contributed by atoms with E-state index >= 15 is 0 Å². The Balaban J connectivity index is 0.000000624. The number of methoxy groups -OCH3 is 3. The van der Waals surface area contributed by atoms with Crippen molar-refractivity contribution < 1.29 is 168 Å². The van der Waals surface area contributed by atoms with Crippen molar-refractivity contribution in [3.8, 4) is 46.0 Å². The number of aliphatic hydroxyl groups is 14. The molecule has 0 saturated heterocycles. The second kappa shape index (κ2) is 59.4. The number of aryl methyl sites for hydroxylation is 3. The molecule has 0 aliphatic rings. The van der Waals surface area contributed by atoms with Crippen LogP contribution in [0.25, 0.3) is 36.5 Å². The average Bonchev–Trinajstić information content (AvgIpc) is 0.793. The molecule has 0 aromatic heterocycles. The zero-order valence-corrected chi connectivity index (χ0v) is 80.0. The van der Waals surface area contributed by atoms with Crippen LogP contribution in [-0.4, -0.2) is 253 Å². The number of Topliss-reactive ketones (excluding diaryl/α,β-unsaturated/α-hetero) is 2. The molecule has 0 amide bonds. The number of aliphatic hydroxyl groups excluding tert-OH is 14. The summed E-state index contributed by atoms with van der Waals surface area (Å²) in [6, 6.07) is 28.4. The van der Waals surface area contributed by atoms with Crippen LogP contribution in [0.5, 0.6) is 46.0 Å². The Morgan fingerprint density at radius 1 is 0.336 bits per heavy atom. The van der Waals surface area contributed by atoms with Crippen LogP contribution in [0, 0.1) is 65.1 Å². The summed E-state index contributed by atoms with van der Waals surface area (Å²) in [4.78, 5) is 134. The van der Waals surface area contributed by atoms with E-state index in [1.54, 1.807) is 69.5 Å². The number of rotatable bonds is 49. The summed E-state index contributed by atoms with van der Waals surface area (Å²) in [6.07, 6.45) is 19.3. The van der Waals surface area contributed by atoms with Gasteiger partial charge in [-0.1, -0.05) is 128 Å². The smallest absolute Gasteiger partial charge is 0.325 e. The summed E-state index contributed by atoms with van der Waals surface area (Å²) in [6.45, 7) is 11.9. The van der Waals surface area contributed by atoms with Crippen molar-refractivity contribution in [3.63, 3.8) is 0 Å². The summed E-state index contributed by atoms with van der Waals surface area (Å²) in [5.41, 5.74) is -2.49. The lowest BCUT2D eigenvalue weighted by atomic mass is 9.75. The largest absolute Gasteiger partial charge is 0.508 e. The predicted octanol–water partition coefficient (Wildman–Crippen LogP) is 8.94. The van der Waals surface area contributed by atoms with Gasteiger partial charge in [-0.25, -0.2) is 0 Å². The molecule has 0 aliphatic heterocycles. The van der Waals surface area contributed by atoms with Gasteiger partial charge in [0, 0.05) is 28.9 Å². The molecular weight excluding hydrogens is 1780 g/mol. The Hall–Kier alpha value is -12.7. The molecule has 0 spiro atoms. The van der Waals surface area contributed by atoms with E-state index in [1.165, 1.54) is 137 Å². The van der Waals surface area contributed by atoms with E-state index in [2.05, 4.69) is 0 Å². The number of allylic oxidation sites excluding steroid dienone is 7. The second-order valence-corrected chi connectivity index (χ2v) is 33.3. The van der Waals surface area contributed by atoms with Gasteiger partial charge in [0.2, 0.25) is 0 Å². The molecule has 0 radical (unpaired) electrons. The molecule has 6 aromatic carbocycles. The lowest BCUT2D eigenvalue weighted by Crippen LogP contribution is -2.49. The number of esters is 4. The number of benzene rings is 6. The standard InChI is InChI=1S/C31H36O13.C27H30O8.C26H28O9.C10H20O2.C9H18O2/c1-20-11-21(3-7-23(37)13-24(38)8-4-22-5-9-25(39)27(12-22)42-2)6-10-26(20)44-29(41)31(17-35,18-36)19-43-28(40)30(14-32,15-33)16-34;1-18-12-19(6-10-24(18)34-3)4-8-22(31)14-23(32)9-5-20-7-11-25(21(13-20)15-28)35-26(33)27(2,16-29)17-30;1-17-11-18(6-10-23(17)35-25(33)26(14-27,15-28)16-29)3-7-20(30)13-21(31)8-4-19-5-9-22(32)24(12-19)34-2;1-5-10(6-2,7-11)9(12)8(3)4;1-5-9(4,6-10)8(11)7(2)3/h3-12,32-36,39H,13-19H2,1-2H3;4-14,28-31H,15-17H2,1-3H3;3-12,27-29,32H,13-16H2,1-2H3;8,11H,5-7H2,1-4H3;7,10H,5-6H2,1-4H3/b7-3+,8-4+;8-4+,9-5+,22-14-;7-3+,8-4+;;. The minimum Gasteiger partial charge on any atom is -0.508 e. The monoisotopic (exact) mass is 1910 g/mol. The third-order valence-corrected chi connectivity index (χ3v) is 22.2. The molecule has 34 nitrogen and oxygen atoms in total. The van der Waals surface area contributed by atoms with Crippen LogP contribution >= 0.6 is 0 Å². The Kier molecular flexibility index (Phi) is 52.2. The maximum absolute atomic E-state index is 12.9. The van der Waals surface area contributed by atoms with Crippen molar-refractivity contribution in [1.82, 2.24) is 0 Å². The number of phenolic OH excluding ortho intramolecular Hbond substituents is 2. The topological polar surface area (TPSA) is 576 Å². The molecule has 0 saturated carbocycles. The van der Waals surface area contributed by atoms with Crippen LogP contribution in [-0.2, 0) is 64.1 Å². The van der Waals surface area contributed by atoms with Gasteiger partial charge in [0.1, 0.15) is 68.6 Å². The fraction of sp³-hybridized carbons (Fsp3) is 0.408. The normalized spacial score (nSPS) is 12.4. The summed E-state index contributed by atoms with van der Waals surface area (Å²) in [5, 5.41) is 152. The zero-order chi connectivity index (χ0) is 104. The first-order chi connectivity index (χ1) is 64.8. The molecule has 1 unspecified atom stereocenters. The number of phenols is 2. The number of carbonyl (C=O) groups excluding carboxylic acids is 11. The van der Waals surface area contributed by atoms with Crippen molar-refractivity contribution in [2.75, 3.05) is 107 Å². The van der Waals surface area contributed by atoms with E-state index in [4.69, 9.17) is 38.3 Å². The average molecular weight is 1910 g/mol. The molecule has 34 heteroatoms. The highest BCUT2D eigenvalue weighted by molar-refractivity contribution is 6.12. The number of aromatic hydroxyl groups is 2. The van der Waals surface area contributed by atoms with Crippen LogP contribution in [0.4, 0.5) is 0 Å². The number of ether oxygens (including phenoxy) is 7. The van der Waals surface area contributed by atoms with Crippen LogP contribution in [0.15, 0.2) is 157 Å². The molecule has 137 heavy (non-hydrogen) atoms. The van der Waals surface area contributed by atoms with Crippen molar-refractivity contribution >= 4 is 101 Å². The first-order valence-corrected chi connectivity index (χ1v) is 43.5. The van der Waals surface area contributed by atoms with E-state index in [9.17, 15) is 129 Å². The summed E-state index contributed by atoms with van der Waals surface area (Å²) in [5.74, 6) is -4.72. The Morgan fingerprint density at radius 3 is 0.964 bits per heavy atom. The van der Waals surface area contributed by atoms with E-state index in [0.717, 1.165) is 35.8 Å². The summed E-state index contributed by atoms with van der Waals surface area (Å²) in [7, 11) is 4.40. The maximum atomic E-state index is 12.9. The Morgan fingerprint density at radius 2 is 0.650 bits per heavy atom. The fourth-order valence-electron chi connectivity index (χ4n) is 12.0. The third kappa shape index (κ3) is 36.7. The van der Waals surface area contributed by atoms with Crippen molar-refractivity contribution in [3.05, 3.63) is 213 Å². The minimum absolute atomic E-state index is 0.0169. The number of hydrogen-bond donors (Lipinski definition) is 16. The van der Waals surface area contributed by atoms with Crippen LogP contribution < -0.4 is 28.4 Å². The lowest BCUT2D eigenvalue weighted by molar-refractivity contribution is -0.176. The fourth-order valence-corrected chi connectivity index (χ4v) is 12.0. The van der Waals surface area contributed by atoms with Gasteiger partial charge in [0.15, 0.2) is 51.9 Å². The van der Waals surface area contributed by atoms with Crippen LogP contribution in [0.3, 0.4) is 0 Å². The van der Waals surface area contributed by atoms with Gasteiger partial charge in [-0.05, 0) is 206 Å².